The zero-order valence-electron chi connectivity index (χ0n) is 67.5. The molecule has 0 amide bonds. The summed E-state index contributed by atoms with van der Waals surface area (Å²) in [5.74, 6) is -2.26. The second kappa shape index (κ2) is 79.8. The van der Waals surface area contributed by atoms with E-state index in [0.29, 0.717) is 25.7 Å². The van der Waals surface area contributed by atoms with Crippen molar-refractivity contribution in [1.29, 1.82) is 0 Å². The van der Waals surface area contributed by atoms with Gasteiger partial charge in [-0.2, -0.15) is 0 Å². The Hall–Kier alpha value is -5.32. The van der Waals surface area contributed by atoms with Gasteiger partial charge in [-0.05, 0) is 148 Å². The molecule has 0 aliphatic heterocycles. The summed E-state index contributed by atoms with van der Waals surface area (Å²) in [7, 11) is -9.99. The third-order valence-electron chi connectivity index (χ3n) is 17.0. The number of hydrogen-bond donors (Lipinski definition) is 3. The lowest BCUT2D eigenvalue weighted by Gasteiger charge is -2.21. The number of rotatable bonds is 77. The maximum atomic E-state index is 13.1. The summed E-state index contributed by atoms with van der Waals surface area (Å²) in [5, 5.41) is 10.7. The number of unbranched alkanes of at least 4 members (excludes halogenated alkanes) is 25. The van der Waals surface area contributed by atoms with Gasteiger partial charge < -0.3 is 33.8 Å². The van der Waals surface area contributed by atoms with Gasteiger partial charge in [0.25, 0.3) is 0 Å². The first-order valence-electron chi connectivity index (χ1n) is 41.7. The molecule has 17 nitrogen and oxygen atoms in total. The van der Waals surface area contributed by atoms with Crippen LogP contribution in [0.3, 0.4) is 0 Å². The van der Waals surface area contributed by atoms with E-state index < -0.39 is 97.5 Å². The van der Waals surface area contributed by atoms with E-state index in [2.05, 4.69) is 186 Å². The lowest BCUT2D eigenvalue weighted by Crippen LogP contribution is -2.30. The molecule has 0 radical (unpaired) electrons. The minimum Gasteiger partial charge on any atom is -0.462 e. The number of phosphoric acid groups is 2. The SMILES string of the molecule is CC/C=C\C/C=C\C/C=C\C/C=C\C/C=C\CCCCCC(=O)OCC(COP(=O)(O)OCC(O)COP(=O)(O)OCC(COC(=O)CCCCC/C=C\C/C=C\C/C=C\C/C=C\C/C=C\CC)OC(=O)CCCCCCCCCCCCCCCCC)OC(=O)CCCCCCC/C=C\C/C=C\C/C=C\CC. The molecule has 0 bridgehead atoms. The maximum absolute atomic E-state index is 13.1. The van der Waals surface area contributed by atoms with Crippen molar-refractivity contribution in [3.63, 3.8) is 0 Å². The van der Waals surface area contributed by atoms with E-state index in [9.17, 15) is 43.2 Å². The Balaban J connectivity index is 5.44. The highest BCUT2D eigenvalue weighted by Crippen LogP contribution is 2.45. The van der Waals surface area contributed by atoms with Gasteiger partial charge in [0.15, 0.2) is 12.2 Å². The monoisotopic (exact) mass is 1550 g/mol. The van der Waals surface area contributed by atoms with E-state index in [4.69, 9.17) is 37.0 Å². The summed E-state index contributed by atoms with van der Waals surface area (Å²) < 4.78 is 68.7. The summed E-state index contributed by atoms with van der Waals surface area (Å²) in [6.45, 7) is 4.47. The van der Waals surface area contributed by atoms with Crippen molar-refractivity contribution in [2.75, 3.05) is 39.6 Å². The van der Waals surface area contributed by atoms with Crippen molar-refractivity contribution in [2.45, 2.75) is 341 Å². The predicted octanol–water partition coefficient (Wildman–Crippen LogP) is 24.8. The van der Waals surface area contributed by atoms with Crippen molar-refractivity contribution in [2.24, 2.45) is 0 Å². The molecule has 5 unspecified atom stereocenters. The first-order chi connectivity index (χ1) is 52.7. The van der Waals surface area contributed by atoms with Crippen molar-refractivity contribution in [3.05, 3.63) is 158 Å². The number of carbonyl (C=O) groups excluding carboxylic acids is 4. The fourth-order valence-electron chi connectivity index (χ4n) is 10.8. The van der Waals surface area contributed by atoms with Crippen LogP contribution < -0.4 is 0 Å². The van der Waals surface area contributed by atoms with Crippen molar-refractivity contribution in [3.8, 4) is 0 Å². The number of ether oxygens (including phenoxy) is 4. The van der Waals surface area contributed by atoms with Crippen molar-refractivity contribution >= 4 is 39.5 Å². The smallest absolute Gasteiger partial charge is 0.462 e. The van der Waals surface area contributed by atoms with Gasteiger partial charge in [-0.15, -0.1) is 0 Å². The van der Waals surface area contributed by atoms with Gasteiger partial charge in [0, 0.05) is 25.7 Å². The molecule has 0 aliphatic rings. The van der Waals surface area contributed by atoms with Crippen LogP contribution >= 0.6 is 15.6 Å². The normalized spacial score (nSPS) is 14.6. The first kappa shape index (κ1) is 103. The van der Waals surface area contributed by atoms with Crippen molar-refractivity contribution in [1.82, 2.24) is 0 Å². The second-order valence-corrected chi connectivity index (χ2v) is 30.2. The molecule has 0 aromatic rings. The van der Waals surface area contributed by atoms with E-state index in [1.807, 2.05) is 0 Å². The molecule has 19 heteroatoms. The molecule has 0 aromatic heterocycles. The fraction of sp³-hybridized carbons (Fsp3) is 0.663. The quantitative estimate of drug-likeness (QED) is 0.0169. The number of aliphatic hydroxyl groups excluding tert-OH is 1. The summed E-state index contributed by atoms with van der Waals surface area (Å²) in [4.78, 5) is 73.2. The minimum atomic E-state index is -5.00. The van der Waals surface area contributed by atoms with Crippen LogP contribution in [0.25, 0.3) is 0 Å². The van der Waals surface area contributed by atoms with E-state index in [1.165, 1.54) is 64.2 Å². The summed E-state index contributed by atoms with van der Waals surface area (Å²) in [6, 6.07) is 0. The Morgan fingerprint density at radius 2 is 0.481 bits per heavy atom. The number of carbonyl (C=O) groups is 4. The molecule has 3 N–H and O–H groups in total. The number of esters is 4. The van der Waals surface area contributed by atoms with Gasteiger partial charge in [0.05, 0.1) is 26.4 Å². The topological polar surface area (TPSA) is 237 Å². The highest BCUT2D eigenvalue weighted by Gasteiger charge is 2.30. The summed E-state index contributed by atoms with van der Waals surface area (Å²) in [6.07, 6.45) is 93.5. The van der Waals surface area contributed by atoms with Gasteiger partial charge in [0.2, 0.25) is 0 Å². The zero-order chi connectivity index (χ0) is 78.9. The maximum Gasteiger partial charge on any atom is 0.472 e. The Kier molecular flexibility index (Phi) is 75.8. The van der Waals surface area contributed by atoms with E-state index in [1.54, 1.807) is 0 Å². The second-order valence-electron chi connectivity index (χ2n) is 27.3. The van der Waals surface area contributed by atoms with E-state index in [0.717, 1.165) is 180 Å². The van der Waals surface area contributed by atoms with Crippen LogP contribution in [-0.4, -0.2) is 96.7 Å². The molecular formula is C89H148O17P2. The lowest BCUT2D eigenvalue weighted by atomic mass is 10.0. The fourth-order valence-corrected chi connectivity index (χ4v) is 12.3. The highest BCUT2D eigenvalue weighted by atomic mass is 31.2. The third kappa shape index (κ3) is 78.8. The third-order valence-corrected chi connectivity index (χ3v) is 18.9. The standard InChI is InChI=1S/C89H148O17P2/c1-5-9-13-17-21-25-29-33-37-39-41-43-47-49-53-57-61-65-69-73-86(91)99-79-84(105-88(93)75-71-67-63-59-55-51-45-35-31-27-23-19-15-11-7-3)81-103-107(95,96)101-77-83(90)78-102-108(97,98)104-82-85(106-89(94)76-72-68-64-60-56-52-46-36-32-28-24-20-16-12-8-4)80-100-87(92)74-70-66-62-58-54-50-48-44-42-40-38-34-30-26-22-18-14-10-6-2/h9-11,13-15,21-23,25-27,33-35,37-38,41-45,49-50,53-54,83-85,90H,5-8,12,16-20,24,28-32,36,39-40,46-48,51-52,55-82H2,1-4H3,(H,95,96)(H,97,98)/b13-9-,14-10-,15-11-,25-21-,26-22-,27-23-,37-33-,38-34-,43-41-,44-42-,45-35-,53-49-,54-50-. The molecule has 0 heterocycles. The molecule has 0 fully saturated rings. The van der Waals surface area contributed by atoms with Crippen LogP contribution in [0.1, 0.15) is 323 Å². The number of hydrogen-bond acceptors (Lipinski definition) is 15. The van der Waals surface area contributed by atoms with Crippen LogP contribution in [0, 0.1) is 0 Å². The van der Waals surface area contributed by atoms with Crippen molar-refractivity contribution < 1.29 is 80.2 Å². The van der Waals surface area contributed by atoms with Crippen LogP contribution in [0.2, 0.25) is 0 Å². The van der Waals surface area contributed by atoms with Gasteiger partial charge in [-0.25, -0.2) is 9.13 Å². The van der Waals surface area contributed by atoms with E-state index >= 15 is 0 Å². The Labute approximate surface area is 655 Å². The molecule has 0 aliphatic carbocycles. The molecule has 0 saturated carbocycles. The average molecular weight is 1550 g/mol. The Morgan fingerprint density at radius 1 is 0.269 bits per heavy atom. The van der Waals surface area contributed by atoms with Gasteiger partial charge in [-0.3, -0.25) is 37.3 Å². The lowest BCUT2D eigenvalue weighted by molar-refractivity contribution is -0.161. The highest BCUT2D eigenvalue weighted by molar-refractivity contribution is 7.47. The van der Waals surface area contributed by atoms with Gasteiger partial charge >= 0.3 is 39.5 Å². The molecule has 616 valence electrons. The van der Waals surface area contributed by atoms with Crippen LogP contribution in [0.15, 0.2) is 158 Å². The molecule has 108 heavy (non-hydrogen) atoms. The Bertz CT molecular complexity index is 2660. The number of aliphatic hydroxyl groups is 1. The molecule has 0 spiro atoms. The molecule has 0 rings (SSSR count). The summed E-state index contributed by atoms with van der Waals surface area (Å²) >= 11 is 0. The zero-order valence-corrected chi connectivity index (χ0v) is 69.3. The number of allylic oxidation sites excluding steroid dienone is 26. The van der Waals surface area contributed by atoms with Crippen LogP contribution in [0.5, 0.6) is 0 Å². The van der Waals surface area contributed by atoms with Crippen LogP contribution in [-0.2, 0) is 65.4 Å². The van der Waals surface area contributed by atoms with Gasteiger partial charge in [-0.1, -0.05) is 308 Å². The Morgan fingerprint density at radius 3 is 0.750 bits per heavy atom. The average Bonchev–Trinajstić information content (AvgIpc) is 0.923. The first-order valence-corrected chi connectivity index (χ1v) is 44.7. The largest absolute Gasteiger partial charge is 0.472 e. The number of phosphoric ester groups is 2. The van der Waals surface area contributed by atoms with Gasteiger partial charge in [0.1, 0.15) is 19.3 Å². The molecular weight excluding hydrogens is 1400 g/mol. The summed E-state index contributed by atoms with van der Waals surface area (Å²) in [5.41, 5.74) is 0. The van der Waals surface area contributed by atoms with E-state index in [-0.39, 0.29) is 25.7 Å². The minimum absolute atomic E-state index is 0.0626. The molecule has 0 aromatic carbocycles. The predicted molar refractivity (Wildman–Crippen MR) is 445 cm³/mol. The molecule has 0 saturated heterocycles. The molecule has 5 atom stereocenters. The van der Waals surface area contributed by atoms with Crippen LogP contribution in [0.4, 0.5) is 0 Å².